The Hall–Kier alpha value is -2.43. The highest BCUT2D eigenvalue weighted by atomic mass is 16.6. The first-order valence-electron chi connectivity index (χ1n) is 4.58. The van der Waals surface area contributed by atoms with Crippen molar-refractivity contribution in [1.29, 1.82) is 0 Å². The second-order valence-corrected chi connectivity index (χ2v) is 3.02. The van der Waals surface area contributed by atoms with Crippen LogP contribution in [0.3, 0.4) is 0 Å². The Bertz CT molecular complexity index is 500. The predicted molar refractivity (Wildman–Crippen MR) is 57.4 cm³/mol. The van der Waals surface area contributed by atoms with E-state index in [1.54, 1.807) is 24.3 Å². The smallest absolute Gasteiger partial charge is 0.329 e. The molecule has 5 heteroatoms. The lowest BCUT2D eigenvalue weighted by Crippen LogP contribution is -1.93. The number of rotatable bonds is 3. The zero-order valence-corrected chi connectivity index (χ0v) is 8.24. The summed E-state index contributed by atoms with van der Waals surface area (Å²) in [6.45, 7) is 0. The topological polar surface area (TPSA) is 65.3 Å². The first-order valence-corrected chi connectivity index (χ1v) is 4.58. The number of hydrogen-bond donors (Lipinski definition) is 0. The molecule has 5 nitrogen and oxygen atoms in total. The van der Waals surface area contributed by atoms with E-state index in [1.165, 1.54) is 12.3 Å². The van der Waals surface area contributed by atoms with E-state index in [1.807, 2.05) is 6.07 Å². The summed E-state index contributed by atoms with van der Waals surface area (Å²) in [5.74, 6) is 0.739. The van der Waals surface area contributed by atoms with Gasteiger partial charge in [0.1, 0.15) is 11.9 Å². The van der Waals surface area contributed by atoms with Gasteiger partial charge in [0, 0.05) is 12.3 Å². The molecule has 0 fully saturated rings. The van der Waals surface area contributed by atoms with Gasteiger partial charge in [-0.3, -0.25) is 15.1 Å². The van der Waals surface area contributed by atoms with E-state index in [-0.39, 0.29) is 11.4 Å². The summed E-state index contributed by atoms with van der Waals surface area (Å²) < 4.78 is 5.39. The molecule has 0 aliphatic heterocycles. The molecular formula is C11H8N2O3. The van der Waals surface area contributed by atoms with Crippen LogP contribution < -0.4 is 4.74 Å². The Morgan fingerprint density at radius 2 is 1.94 bits per heavy atom. The van der Waals surface area contributed by atoms with Gasteiger partial charge in [-0.05, 0) is 12.1 Å². The van der Waals surface area contributed by atoms with Crippen LogP contribution in [0.1, 0.15) is 0 Å². The van der Waals surface area contributed by atoms with Gasteiger partial charge in [0.2, 0.25) is 5.75 Å². The Morgan fingerprint density at radius 1 is 1.19 bits per heavy atom. The maximum Gasteiger partial charge on any atom is 0.329 e. The molecule has 0 bridgehead atoms. The molecule has 2 aromatic rings. The molecule has 1 aromatic carbocycles. The molecular weight excluding hydrogens is 208 g/mol. The second-order valence-electron chi connectivity index (χ2n) is 3.02. The van der Waals surface area contributed by atoms with Crippen LogP contribution >= 0.6 is 0 Å². The van der Waals surface area contributed by atoms with Crippen molar-refractivity contribution in [2.45, 2.75) is 0 Å². The lowest BCUT2D eigenvalue weighted by molar-refractivity contribution is -0.386. The molecule has 0 spiro atoms. The van der Waals surface area contributed by atoms with E-state index in [2.05, 4.69) is 4.98 Å². The molecule has 1 aromatic heterocycles. The maximum absolute atomic E-state index is 10.7. The van der Waals surface area contributed by atoms with Gasteiger partial charge in [-0.2, -0.15) is 0 Å². The van der Waals surface area contributed by atoms with E-state index in [9.17, 15) is 10.1 Å². The third-order valence-corrected chi connectivity index (χ3v) is 1.93. The highest BCUT2D eigenvalue weighted by Crippen LogP contribution is 2.29. The van der Waals surface area contributed by atoms with E-state index in [0.717, 1.165) is 6.20 Å². The van der Waals surface area contributed by atoms with Crippen LogP contribution in [-0.4, -0.2) is 9.91 Å². The summed E-state index contributed by atoms with van der Waals surface area (Å²) >= 11 is 0. The summed E-state index contributed by atoms with van der Waals surface area (Å²) in [6, 6.07) is 10.3. The lowest BCUT2D eigenvalue weighted by atomic mass is 10.3. The van der Waals surface area contributed by atoms with Gasteiger partial charge >= 0.3 is 5.69 Å². The average molecular weight is 216 g/mol. The van der Waals surface area contributed by atoms with Crippen molar-refractivity contribution in [3.8, 4) is 11.5 Å². The molecule has 0 aliphatic carbocycles. The van der Waals surface area contributed by atoms with Gasteiger partial charge in [-0.25, -0.2) is 0 Å². The molecule has 0 unspecified atom stereocenters. The average Bonchev–Trinajstić information content (AvgIpc) is 2.31. The lowest BCUT2D eigenvalue weighted by Gasteiger charge is -2.04. The van der Waals surface area contributed by atoms with Gasteiger partial charge in [0.05, 0.1) is 4.92 Å². The zero-order chi connectivity index (χ0) is 11.4. The molecule has 0 aliphatic rings. The van der Waals surface area contributed by atoms with Gasteiger partial charge < -0.3 is 4.74 Å². The molecule has 0 amide bonds. The second kappa shape index (κ2) is 4.39. The molecule has 16 heavy (non-hydrogen) atoms. The fourth-order valence-electron chi connectivity index (χ4n) is 1.21. The van der Waals surface area contributed by atoms with Crippen molar-refractivity contribution in [2.24, 2.45) is 0 Å². The van der Waals surface area contributed by atoms with Gasteiger partial charge in [-0.1, -0.05) is 18.2 Å². The fourth-order valence-corrected chi connectivity index (χ4v) is 1.21. The number of pyridine rings is 1. The van der Waals surface area contributed by atoms with E-state index >= 15 is 0 Å². The number of para-hydroxylation sites is 1. The molecule has 80 valence electrons. The van der Waals surface area contributed by atoms with E-state index in [0.29, 0.717) is 5.75 Å². The van der Waals surface area contributed by atoms with Crippen molar-refractivity contribution < 1.29 is 9.66 Å². The molecule has 0 saturated carbocycles. The molecule has 1 heterocycles. The van der Waals surface area contributed by atoms with Crippen molar-refractivity contribution in [3.63, 3.8) is 0 Å². The van der Waals surface area contributed by atoms with Gasteiger partial charge in [0.15, 0.2) is 0 Å². The van der Waals surface area contributed by atoms with Gasteiger partial charge in [0.25, 0.3) is 0 Å². The summed E-state index contributed by atoms with van der Waals surface area (Å²) in [5, 5.41) is 10.7. The van der Waals surface area contributed by atoms with E-state index in [4.69, 9.17) is 4.74 Å². The maximum atomic E-state index is 10.7. The minimum Gasteiger partial charge on any atom is -0.450 e. The van der Waals surface area contributed by atoms with E-state index < -0.39 is 4.92 Å². The molecule has 0 saturated heterocycles. The molecule has 0 N–H and O–H groups in total. The van der Waals surface area contributed by atoms with Crippen molar-refractivity contribution >= 4 is 5.69 Å². The minimum absolute atomic E-state index is 0.147. The minimum atomic E-state index is -0.523. The zero-order valence-electron chi connectivity index (χ0n) is 8.24. The first kappa shape index (κ1) is 10.1. The van der Waals surface area contributed by atoms with Crippen LogP contribution in [0.2, 0.25) is 0 Å². The summed E-state index contributed by atoms with van der Waals surface area (Å²) in [5.41, 5.74) is -0.147. The van der Waals surface area contributed by atoms with Crippen molar-refractivity contribution in [2.75, 3.05) is 0 Å². The Kier molecular flexibility index (Phi) is 2.77. The SMILES string of the molecule is O=[N+]([O-])c1cnccc1Oc1ccccc1. The monoisotopic (exact) mass is 216 g/mol. The number of hydrogen-bond acceptors (Lipinski definition) is 4. The summed E-state index contributed by atoms with van der Waals surface area (Å²) in [7, 11) is 0. The third-order valence-electron chi connectivity index (χ3n) is 1.93. The molecule has 0 radical (unpaired) electrons. The Morgan fingerprint density at radius 3 is 2.62 bits per heavy atom. The van der Waals surface area contributed by atoms with Crippen LogP contribution in [-0.2, 0) is 0 Å². The van der Waals surface area contributed by atoms with Crippen molar-refractivity contribution in [1.82, 2.24) is 4.98 Å². The molecule has 0 atom stereocenters. The van der Waals surface area contributed by atoms with Crippen molar-refractivity contribution in [3.05, 3.63) is 58.9 Å². The van der Waals surface area contributed by atoms with Crippen LogP contribution in [0, 0.1) is 10.1 Å². The summed E-state index contributed by atoms with van der Waals surface area (Å²) in [4.78, 5) is 13.9. The van der Waals surface area contributed by atoms with Crippen LogP contribution in [0.15, 0.2) is 48.8 Å². The molecule has 2 rings (SSSR count). The predicted octanol–water partition coefficient (Wildman–Crippen LogP) is 2.78. The Balaban J connectivity index is 2.31. The number of nitro groups is 1. The first-order chi connectivity index (χ1) is 7.77. The number of nitrogens with zero attached hydrogens (tertiary/aromatic N) is 2. The van der Waals surface area contributed by atoms with Crippen LogP contribution in [0.5, 0.6) is 11.5 Å². The van der Waals surface area contributed by atoms with Crippen LogP contribution in [0.4, 0.5) is 5.69 Å². The standard InChI is InChI=1S/C11H8N2O3/c14-13(15)10-8-12-7-6-11(10)16-9-4-2-1-3-5-9/h1-8H. The highest BCUT2D eigenvalue weighted by molar-refractivity contribution is 5.45. The third kappa shape index (κ3) is 2.14. The van der Waals surface area contributed by atoms with Gasteiger partial charge in [-0.15, -0.1) is 0 Å². The fraction of sp³-hybridized carbons (Fsp3) is 0. The normalized spacial score (nSPS) is 9.75. The number of benzene rings is 1. The quantitative estimate of drug-likeness (QED) is 0.584. The largest absolute Gasteiger partial charge is 0.450 e. The number of aromatic nitrogens is 1. The number of ether oxygens (including phenoxy) is 1. The summed E-state index contributed by atoms with van der Waals surface area (Å²) in [6.07, 6.45) is 2.61. The van der Waals surface area contributed by atoms with Crippen LogP contribution in [0.25, 0.3) is 0 Å². The highest BCUT2D eigenvalue weighted by Gasteiger charge is 2.14. The Labute approximate surface area is 91.5 Å².